The summed E-state index contributed by atoms with van der Waals surface area (Å²) in [6, 6.07) is 9.14. The van der Waals surface area contributed by atoms with Crippen molar-refractivity contribution in [3.8, 4) is 17.0 Å². The quantitative estimate of drug-likeness (QED) is 0.512. The van der Waals surface area contributed by atoms with E-state index in [9.17, 15) is 14.0 Å². The number of carbonyl (C=O) groups excluding carboxylic acids is 2. The Morgan fingerprint density at radius 3 is 2.68 bits per heavy atom. The summed E-state index contributed by atoms with van der Waals surface area (Å²) in [6.45, 7) is 0.793. The van der Waals surface area contributed by atoms with E-state index in [4.69, 9.17) is 15.2 Å². The average molecular weight is 470 g/mol. The van der Waals surface area contributed by atoms with E-state index in [0.717, 1.165) is 0 Å². The number of anilines is 1. The first-order chi connectivity index (χ1) is 16.5. The van der Waals surface area contributed by atoms with Gasteiger partial charge in [0.25, 0.3) is 5.91 Å². The molecule has 3 N–H and O–H groups in total. The van der Waals surface area contributed by atoms with Crippen LogP contribution in [-0.4, -0.2) is 42.3 Å². The van der Waals surface area contributed by atoms with Gasteiger partial charge in [-0.3, -0.25) is 9.59 Å². The summed E-state index contributed by atoms with van der Waals surface area (Å²) >= 11 is 0. The van der Waals surface area contributed by atoms with Gasteiger partial charge in [-0.1, -0.05) is 18.2 Å². The minimum atomic E-state index is -1.18. The number of aromatic nitrogens is 2. The number of nitrogen functional groups attached to an aromatic ring is 1. The molecule has 8 nitrogen and oxygen atoms in total. The monoisotopic (exact) mass is 470 g/mol. The highest BCUT2D eigenvalue weighted by molar-refractivity contribution is 5.97. The number of halogens is 2. The Hall–Kier alpha value is -3.79. The zero-order valence-electron chi connectivity index (χ0n) is 18.5. The van der Waals surface area contributed by atoms with Crippen molar-refractivity contribution < 1.29 is 27.8 Å². The Labute approximate surface area is 194 Å². The summed E-state index contributed by atoms with van der Waals surface area (Å²) in [5, 5.41) is 6.92. The largest absolute Gasteiger partial charge is 0.496 e. The van der Waals surface area contributed by atoms with Gasteiger partial charge in [0.2, 0.25) is 0 Å². The van der Waals surface area contributed by atoms with E-state index in [0.29, 0.717) is 38.1 Å². The molecule has 1 aliphatic heterocycles. The number of methoxy groups -OCH3 is 1. The third kappa shape index (κ3) is 4.36. The van der Waals surface area contributed by atoms with E-state index >= 15 is 4.39 Å². The standard InChI is InChI=1S/C24H24F2N4O4/c1-33-19-5-3-2-4-16(19)24(32)28-12-14-6-7-17(21(26)20(14)25)22-18(13-31)23(27)30(29-22)15-8-10-34-11-9-15/h2-7,13,15H,8-12,27H2,1H3,(H,28,32). The highest BCUT2D eigenvalue weighted by Gasteiger charge is 2.26. The van der Waals surface area contributed by atoms with Gasteiger partial charge in [-0.25, -0.2) is 13.5 Å². The maximum absolute atomic E-state index is 15.1. The fourth-order valence-corrected chi connectivity index (χ4v) is 4.00. The lowest BCUT2D eigenvalue weighted by Gasteiger charge is -2.23. The highest BCUT2D eigenvalue weighted by Crippen LogP contribution is 2.33. The summed E-state index contributed by atoms with van der Waals surface area (Å²) in [7, 11) is 1.43. The number of para-hydroxylation sites is 1. The van der Waals surface area contributed by atoms with Crippen molar-refractivity contribution in [2.24, 2.45) is 0 Å². The Morgan fingerprint density at radius 1 is 1.24 bits per heavy atom. The van der Waals surface area contributed by atoms with Crippen LogP contribution in [0.15, 0.2) is 36.4 Å². The predicted octanol–water partition coefficient (Wildman–Crippen LogP) is 3.51. The van der Waals surface area contributed by atoms with Crippen molar-refractivity contribution in [2.75, 3.05) is 26.1 Å². The van der Waals surface area contributed by atoms with Crippen molar-refractivity contribution in [3.63, 3.8) is 0 Å². The molecule has 34 heavy (non-hydrogen) atoms. The molecule has 2 heterocycles. The third-order valence-electron chi connectivity index (χ3n) is 5.85. The molecule has 178 valence electrons. The summed E-state index contributed by atoms with van der Waals surface area (Å²) in [5.74, 6) is -2.35. The molecule has 1 amide bonds. The highest BCUT2D eigenvalue weighted by atomic mass is 19.2. The molecular formula is C24H24F2N4O4. The Kier molecular flexibility index (Phi) is 6.87. The lowest BCUT2D eigenvalue weighted by molar-refractivity contribution is 0.0669. The third-order valence-corrected chi connectivity index (χ3v) is 5.85. The van der Waals surface area contributed by atoms with E-state index in [-0.39, 0.29) is 46.4 Å². The van der Waals surface area contributed by atoms with Gasteiger partial charge >= 0.3 is 0 Å². The van der Waals surface area contributed by atoms with Crippen LogP contribution in [0.3, 0.4) is 0 Å². The van der Waals surface area contributed by atoms with Crippen LogP contribution in [0, 0.1) is 11.6 Å². The molecule has 1 aromatic heterocycles. The van der Waals surface area contributed by atoms with Crippen LogP contribution >= 0.6 is 0 Å². The second kappa shape index (κ2) is 10.0. The zero-order chi connectivity index (χ0) is 24.2. The van der Waals surface area contributed by atoms with E-state index in [1.54, 1.807) is 24.3 Å². The molecule has 0 aliphatic carbocycles. The molecule has 3 aromatic rings. The van der Waals surface area contributed by atoms with Crippen molar-refractivity contribution >= 4 is 18.0 Å². The average Bonchev–Trinajstić information content (AvgIpc) is 3.20. The lowest BCUT2D eigenvalue weighted by atomic mass is 10.0. The zero-order valence-corrected chi connectivity index (χ0v) is 18.5. The topological polar surface area (TPSA) is 108 Å². The molecule has 2 aromatic carbocycles. The van der Waals surface area contributed by atoms with Crippen LogP contribution < -0.4 is 15.8 Å². The first kappa shape index (κ1) is 23.4. The van der Waals surface area contributed by atoms with Crippen molar-refractivity contribution in [2.45, 2.75) is 25.4 Å². The van der Waals surface area contributed by atoms with Crippen LogP contribution in [0.1, 0.15) is 45.2 Å². The van der Waals surface area contributed by atoms with E-state index < -0.39 is 17.5 Å². The normalized spacial score (nSPS) is 14.1. The summed E-state index contributed by atoms with van der Waals surface area (Å²) in [4.78, 5) is 24.2. The summed E-state index contributed by atoms with van der Waals surface area (Å²) < 4.78 is 42.0. The number of carbonyl (C=O) groups is 2. The SMILES string of the molecule is COc1ccccc1C(=O)NCc1ccc(-c2nn(C3CCOCC3)c(N)c2C=O)c(F)c1F. The van der Waals surface area contributed by atoms with Gasteiger partial charge in [0.05, 0.1) is 24.3 Å². The molecule has 1 aliphatic rings. The lowest BCUT2D eigenvalue weighted by Crippen LogP contribution is -2.24. The van der Waals surface area contributed by atoms with Crippen LogP contribution in [0.5, 0.6) is 5.75 Å². The van der Waals surface area contributed by atoms with Gasteiger partial charge in [0.15, 0.2) is 17.9 Å². The number of nitrogens with zero attached hydrogens (tertiary/aromatic N) is 2. The Bertz CT molecular complexity index is 1220. The first-order valence-corrected chi connectivity index (χ1v) is 10.8. The van der Waals surface area contributed by atoms with Crippen LogP contribution in [0.4, 0.5) is 14.6 Å². The second-order valence-corrected chi connectivity index (χ2v) is 7.84. The minimum Gasteiger partial charge on any atom is -0.496 e. The fraction of sp³-hybridized carbons (Fsp3) is 0.292. The first-order valence-electron chi connectivity index (χ1n) is 10.8. The van der Waals surface area contributed by atoms with Crippen LogP contribution in [-0.2, 0) is 11.3 Å². The molecule has 0 unspecified atom stereocenters. The van der Waals surface area contributed by atoms with Gasteiger partial charge in [0, 0.05) is 30.9 Å². The van der Waals surface area contributed by atoms with E-state index in [1.807, 2.05) is 0 Å². The summed E-state index contributed by atoms with van der Waals surface area (Å²) in [5.41, 5.74) is 6.12. The molecule has 1 saturated heterocycles. The van der Waals surface area contributed by atoms with Gasteiger partial charge in [-0.15, -0.1) is 0 Å². The van der Waals surface area contributed by atoms with Crippen LogP contribution in [0.25, 0.3) is 11.3 Å². The number of ether oxygens (including phenoxy) is 2. The number of hydrogen-bond donors (Lipinski definition) is 2. The van der Waals surface area contributed by atoms with E-state index in [2.05, 4.69) is 10.4 Å². The summed E-state index contributed by atoms with van der Waals surface area (Å²) in [6.07, 6.45) is 1.78. The van der Waals surface area contributed by atoms with Crippen LogP contribution in [0.2, 0.25) is 0 Å². The van der Waals surface area contributed by atoms with Crippen molar-refractivity contribution in [1.82, 2.24) is 15.1 Å². The number of nitrogens with one attached hydrogen (secondary N) is 1. The smallest absolute Gasteiger partial charge is 0.255 e. The van der Waals surface area contributed by atoms with Crippen molar-refractivity contribution in [1.29, 1.82) is 0 Å². The maximum atomic E-state index is 15.1. The predicted molar refractivity (Wildman–Crippen MR) is 121 cm³/mol. The number of rotatable bonds is 7. The van der Waals surface area contributed by atoms with Gasteiger partial charge in [0.1, 0.15) is 17.3 Å². The van der Waals surface area contributed by atoms with E-state index in [1.165, 1.54) is 23.9 Å². The molecule has 0 saturated carbocycles. The number of benzene rings is 2. The molecule has 4 rings (SSSR count). The molecular weight excluding hydrogens is 446 g/mol. The molecule has 0 radical (unpaired) electrons. The minimum absolute atomic E-state index is 0.00187. The Morgan fingerprint density at radius 2 is 1.97 bits per heavy atom. The maximum Gasteiger partial charge on any atom is 0.255 e. The number of aldehydes is 1. The fourth-order valence-electron chi connectivity index (χ4n) is 4.00. The number of nitrogens with two attached hydrogens (primary N) is 1. The molecule has 1 fully saturated rings. The Balaban J connectivity index is 1.59. The van der Waals surface area contributed by atoms with Gasteiger partial charge in [-0.2, -0.15) is 5.10 Å². The number of amides is 1. The molecule has 10 heteroatoms. The number of hydrogen-bond acceptors (Lipinski definition) is 6. The molecule has 0 bridgehead atoms. The van der Waals surface area contributed by atoms with Gasteiger partial charge in [-0.05, 0) is 31.0 Å². The van der Waals surface area contributed by atoms with Gasteiger partial charge < -0.3 is 20.5 Å². The molecule has 0 spiro atoms. The molecule has 0 atom stereocenters. The van der Waals surface area contributed by atoms with Crippen molar-refractivity contribution in [3.05, 3.63) is 64.7 Å². The second-order valence-electron chi connectivity index (χ2n) is 7.84.